The normalized spacial score (nSPS) is 19.9. The Morgan fingerprint density at radius 2 is 2.47 bits per heavy atom. The Morgan fingerprint density at radius 3 is 3.18 bits per heavy atom. The van der Waals surface area contributed by atoms with Crippen LogP contribution in [0, 0.1) is 0 Å². The lowest BCUT2D eigenvalue weighted by molar-refractivity contribution is 1.00. The van der Waals surface area contributed by atoms with Crippen LogP contribution in [0.15, 0.2) is 18.3 Å². The highest BCUT2D eigenvalue weighted by atomic mass is 32.2. The molecule has 1 aromatic heterocycles. The number of nitrogens with zero attached hydrogens (tertiary/aromatic N) is 1. The first-order chi connectivity index (χ1) is 8.25. The Labute approximate surface area is 115 Å². The summed E-state index contributed by atoms with van der Waals surface area (Å²) in [7, 11) is 0. The third-order valence-electron chi connectivity index (χ3n) is 2.43. The van der Waals surface area contributed by atoms with Gasteiger partial charge in [-0.3, -0.25) is 4.98 Å². The topological polar surface area (TPSA) is 50.9 Å². The first kappa shape index (κ1) is 13.0. The number of aromatic nitrogens is 1. The van der Waals surface area contributed by atoms with E-state index < -0.39 is 0 Å². The number of thiocarbonyl (C=S) groups is 1. The van der Waals surface area contributed by atoms with Crippen LogP contribution in [-0.2, 0) is 0 Å². The Bertz CT molecular complexity index is 391. The molecule has 3 nitrogen and oxygen atoms in total. The molecule has 3 N–H and O–H groups in total. The molecule has 0 aromatic carbocycles. The third-order valence-corrected chi connectivity index (χ3v) is 5.49. The Kier molecular flexibility index (Phi) is 4.94. The summed E-state index contributed by atoms with van der Waals surface area (Å²) in [5.41, 5.74) is 7.27. The molecular formula is C11H15N3S3. The van der Waals surface area contributed by atoms with E-state index in [2.05, 4.69) is 10.3 Å². The van der Waals surface area contributed by atoms with E-state index in [4.69, 9.17) is 18.0 Å². The number of hydrogen-bond acceptors (Lipinski definition) is 5. The highest BCUT2D eigenvalue weighted by Crippen LogP contribution is 2.24. The van der Waals surface area contributed by atoms with Crippen molar-refractivity contribution in [3.8, 4) is 0 Å². The van der Waals surface area contributed by atoms with Gasteiger partial charge in [0, 0.05) is 40.9 Å². The second-order valence-electron chi connectivity index (χ2n) is 3.74. The molecule has 0 amide bonds. The summed E-state index contributed by atoms with van der Waals surface area (Å²) in [4.78, 5) is 4.46. The van der Waals surface area contributed by atoms with E-state index in [1.807, 2.05) is 35.7 Å². The molecule has 1 unspecified atom stereocenters. The first-order valence-corrected chi connectivity index (χ1v) is 8.06. The van der Waals surface area contributed by atoms with Gasteiger partial charge >= 0.3 is 0 Å². The quantitative estimate of drug-likeness (QED) is 0.825. The van der Waals surface area contributed by atoms with Crippen LogP contribution in [0.2, 0.25) is 0 Å². The largest absolute Gasteiger partial charge is 0.388 e. The molecule has 1 aliphatic rings. The molecule has 1 aliphatic heterocycles. The molecule has 1 aromatic rings. The zero-order valence-corrected chi connectivity index (χ0v) is 11.8. The van der Waals surface area contributed by atoms with Crippen molar-refractivity contribution in [2.45, 2.75) is 5.25 Å². The Hall–Kier alpha value is -0.460. The number of nitrogens with one attached hydrogen (secondary N) is 1. The fraction of sp³-hybridized carbons (Fsp3) is 0.455. The molecule has 0 bridgehead atoms. The lowest BCUT2D eigenvalue weighted by Crippen LogP contribution is -2.23. The summed E-state index contributed by atoms with van der Waals surface area (Å²) in [6, 6.07) is 3.85. The van der Waals surface area contributed by atoms with Crippen LogP contribution in [0.4, 0.5) is 5.69 Å². The van der Waals surface area contributed by atoms with Gasteiger partial charge in [0.2, 0.25) is 0 Å². The second-order valence-corrected chi connectivity index (χ2v) is 6.74. The van der Waals surface area contributed by atoms with Crippen molar-refractivity contribution in [2.75, 3.05) is 29.1 Å². The average Bonchev–Trinajstić information content (AvgIpc) is 2.38. The van der Waals surface area contributed by atoms with Crippen molar-refractivity contribution >= 4 is 46.4 Å². The van der Waals surface area contributed by atoms with Gasteiger partial charge in [0.15, 0.2) is 0 Å². The van der Waals surface area contributed by atoms with Crippen LogP contribution >= 0.6 is 35.7 Å². The van der Waals surface area contributed by atoms with Crippen molar-refractivity contribution in [1.82, 2.24) is 4.98 Å². The number of nitrogens with two attached hydrogens (primary N) is 1. The van der Waals surface area contributed by atoms with Gasteiger partial charge in [0.1, 0.15) is 4.99 Å². The molecular weight excluding hydrogens is 270 g/mol. The van der Waals surface area contributed by atoms with Gasteiger partial charge in [-0.05, 0) is 12.1 Å². The smallest absolute Gasteiger partial charge is 0.122 e. The minimum Gasteiger partial charge on any atom is -0.388 e. The van der Waals surface area contributed by atoms with Gasteiger partial charge in [-0.1, -0.05) is 12.2 Å². The summed E-state index contributed by atoms with van der Waals surface area (Å²) < 4.78 is 0. The van der Waals surface area contributed by atoms with Gasteiger partial charge in [0.25, 0.3) is 0 Å². The van der Waals surface area contributed by atoms with Crippen LogP contribution in [-0.4, -0.2) is 39.0 Å². The summed E-state index contributed by atoms with van der Waals surface area (Å²) in [5, 5.41) is 4.11. The molecule has 1 saturated heterocycles. The maximum absolute atomic E-state index is 5.56. The molecule has 0 radical (unpaired) electrons. The maximum Gasteiger partial charge on any atom is 0.122 e. The summed E-state index contributed by atoms with van der Waals surface area (Å²) in [6.07, 6.45) is 1.74. The van der Waals surface area contributed by atoms with Crippen molar-refractivity contribution in [1.29, 1.82) is 0 Å². The van der Waals surface area contributed by atoms with E-state index in [0.717, 1.165) is 12.2 Å². The van der Waals surface area contributed by atoms with Crippen molar-refractivity contribution in [3.63, 3.8) is 0 Å². The molecule has 2 heterocycles. The predicted molar refractivity (Wildman–Crippen MR) is 82.2 cm³/mol. The molecule has 6 heteroatoms. The van der Waals surface area contributed by atoms with Gasteiger partial charge in [0.05, 0.1) is 5.69 Å². The maximum atomic E-state index is 5.56. The minimum absolute atomic E-state index is 0.344. The van der Waals surface area contributed by atoms with Crippen LogP contribution in [0.3, 0.4) is 0 Å². The van der Waals surface area contributed by atoms with Crippen LogP contribution in [0.25, 0.3) is 0 Å². The average molecular weight is 285 g/mol. The van der Waals surface area contributed by atoms with E-state index in [0.29, 0.717) is 15.9 Å². The van der Waals surface area contributed by atoms with Crippen LogP contribution < -0.4 is 11.1 Å². The summed E-state index contributed by atoms with van der Waals surface area (Å²) in [6.45, 7) is 0.985. The first-order valence-electron chi connectivity index (χ1n) is 5.45. The minimum atomic E-state index is 0.344. The number of anilines is 1. The highest BCUT2D eigenvalue weighted by Gasteiger charge is 2.13. The molecule has 92 valence electrons. The lowest BCUT2D eigenvalue weighted by atomic mass is 10.3. The van der Waals surface area contributed by atoms with Gasteiger partial charge < -0.3 is 11.1 Å². The van der Waals surface area contributed by atoms with E-state index >= 15 is 0 Å². The van der Waals surface area contributed by atoms with Crippen LogP contribution in [0.5, 0.6) is 0 Å². The fourth-order valence-electron chi connectivity index (χ4n) is 1.56. The molecule has 1 fully saturated rings. The Morgan fingerprint density at radius 1 is 1.59 bits per heavy atom. The van der Waals surface area contributed by atoms with E-state index in [1.54, 1.807) is 6.20 Å². The van der Waals surface area contributed by atoms with Gasteiger partial charge in [-0.25, -0.2) is 0 Å². The fourth-order valence-corrected chi connectivity index (χ4v) is 4.28. The molecule has 0 saturated carbocycles. The van der Waals surface area contributed by atoms with E-state index in [9.17, 15) is 0 Å². The summed E-state index contributed by atoms with van der Waals surface area (Å²) >= 11 is 8.99. The number of pyridine rings is 1. The molecule has 0 aliphatic carbocycles. The van der Waals surface area contributed by atoms with Crippen LogP contribution in [0.1, 0.15) is 5.69 Å². The van der Waals surface area contributed by atoms with Crippen molar-refractivity contribution in [3.05, 3.63) is 24.0 Å². The lowest BCUT2D eigenvalue weighted by Gasteiger charge is -2.21. The van der Waals surface area contributed by atoms with Gasteiger partial charge in [-0.15, -0.1) is 0 Å². The summed E-state index contributed by atoms with van der Waals surface area (Å²) in [5.74, 6) is 3.76. The van der Waals surface area contributed by atoms with Crippen molar-refractivity contribution < 1.29 is 0 Å². The molecule has 1 atom stereocenters. The SMILES string of the molecule is NC(=S)c1cc(NCC2CSCCS2)ccn1. The number of hydrogen-bond donors (Lipinski definition) is 2. The molecule has 2 rings (SSSR count). The third kappa shape index (κ3) is 4.04. The standard InChI is InChI=1S/C11H15N3S3/c12-11(15)10-5-8(1-2-13-10)14-6-9-7-16-3-4-17-9/h1-2,5,9H,3-4,6-7H2,(H2,12,15)(H,13,14). The zero-order valence-electron chi connectivity index (χ0n) is 9.39. The van der Waals surface area contributed by atoms with Crippen molar-refractivity contribution in [2.24, 2.45) is 5.73 Å². The predicted octanol–water partition coefficient (Wildman–Crippen LogP) is 1.98. The van der Waals surface area contributed by atoms with E-state index in [1.165, 1.54) is 17.3 Å². The van der Waals surface area contributed by atoms with Gasteiger partial charge in [-0.2, -0.15) is 23.5 Å². The highest BCUT2D eigenvalue weighted by molar-refractivity contribution is 8.06. The monoisotopic (exact) mass is 285 g/mol. The number of thioether (sulfide) groups is 2. The second kappa shape index (κ2) is 6.47. The number of rotatable bonds is 4. The van der Waals surface area contributed by atoms with E-state index in [-0.39, 0.29) is 0 Å². The Balaban J connectivity index is 1.89. The molecule has 17 heavy (non-hydrogen) atoms. The zero-order chi connectivity index (χ0) is 12.1. The molecule has 0 spiro atoms.